The molecule has 0 aromatic rings. The van der Waals surface area contributed by atoms with Crippen LogP contribution in [-0.2, 0) is 14.3 Å². The maximum absolute atomic E-state index is 12.0. The Morgan fingerprint density at radius 1 is 0.509 bits per heavy atom. The molecule has 4 N–H and O–H groups in total. The number of carboxylic acid groups (broad SMARTS) is 1. The van der Waals surface area contributed by atoms with E-state index in [1.54, 1.807) is 0 Å². The van der Waals surface area contributed by atoms with Crippen LogP contribution in [0.3, 0.4) is 0 Å². The van der Waals surface area contributed by atoms with Gasteiger partial charge in [-0.1, -0.05) is 185 Å². The first-order valence-corrected chi connectivity index (χ1v) is 25.1. The van der Waals surface area contributed by atoms with Gasteiger partial charge in [0.1, 0.15) is 0 Å². The number of carbonyl (C=O) groups excluding carboxylic acids is 1. The molecule has 0 rings (SSSR count). The number of hydrogen-bond donors (Lipinski definition) is 3. The molecule has 0 aromatic carbocycles. The largest absolute Gasteiger partial charge is 0.481 e. The number of unbranched alkanes of at least 4 members (excludes halogenated alkanes) is 31. The van der Waals surface area contributed by atoms with Gasteiger partial charge in [0, 0.05) is 24.9 Å². The van der Waals surface area contributed by atoms with E-state index in [1.165, 1.54) is 193 Å². The zero-order chi connectivity index (χ0) is 41.5. The van der Waals surface area contributed by atoms with E-state index in [0.29, 0.717) is 25.5 Å². The summed E-state index contributed by atoms with van der Waals surface area (Å²) < 4.78 is 5.44. The molecule has 0 bridgehead atoms. The number of carboxylic acids is 1. The number of hydrogen-bond acceptors (Lipinski definition) is 5. The quantitative estimate of drug-likeness (QED) is 0.0322. The average Bonchev–Trinajstić information content (AvgIpc) is 3.19. The van der Waals surface area contributed by atoms with Crippen molar-refractivity contribution in [2.75, 3.05) is 13.2 Å². The standard InChI is InChI=1S/C51H98N2O4/c1-3-4-5-6-7-8-27-32-37-42-47-57-51(56)45-40-35-30-25-21-17-13-10-14-18-22-26-31-36-41-46-53-49(48(2)52)43-38-33-28-23-19-15-11-9-12-16-20-24-29-34-39-44-50(54)55/h9-10,12-13,48-49,53H,3-8,11,14-47,52H2,1-2H3,(H,54,55)/b12-9-,13-10-. The van der Waals surface area contributed by atoms with Gasteiger partial charge >= 0.3 is 11.9 Å². The van der Waals surface area contributed by atoms with Crippen LogP contribution in [0.2, 0.25) is 0 Å². The van der Waals surface area contributed by atoms with Crippen LogP contribution in [-0.4, -0.2) is 42.3 Å². The summed E-state index contributed by atoms with van der Waals surface area (Å²) in [6, 6.07) is 0.666. The SMILES string of the molecule is CCCCCCCCCCCCOC(=O)CCCCCCC/C=C\CCCCCCCCNC(CCCCCCCC/C=C\CCCCCCCC(=O)O)C(C)N. The van der Waals surface area contributed by atoms with Crippen LogP contribution in [0.4, 0.5) is 0 Å². The van der Waals surface area contributed by atoms with E-state index in [4.69, 9.17) is 15.6 Å². The predicted molar refractivity (Wildman–Crippen MR) is 248 cm³/mol. The molecule has 57 heavy (non-hydrogen) atoms. The van der Waals surface area contributed by atoms with Crippen LogP contribution < -0.4 is 11.1 Å². The lowest BCUT2D eigenvalue weighted by Gasteiger charge is -2.22. The zero-order valence-corrected chi connectivity index (χ0v) is 38.2. The Labute approximate surface area is 355 Å². The minimum Gasteiger partial charge on any atom is -0.481 e. The van der Waals surface area contributed by atoms with Crippen LogP contribution in [0.1, 0.15) is 264 Å². The highest BCUT2D eigenvalue weighted by molar-refractivity contribution is 5.69. The second-order valence-electron chi connectivity index (χ2n) is 17.4. The molecule has 0 aliphatic rings. The smallest absolute Gasteiger partial charge is 0.305 e. The summed E-state index contributed by atoms with van der Waals surface area (Å²) in [7, 11) is 0. The van der Waals surface area contributed by atoms with E-state index >= 15 is 0 Å². The van der Waals surface area contributed by atoms with Crippen LogP contribution in [0.5, 0.6) is 0 Å². The number of rotatable bonds is 47. The van der Waals surface area contributed by atoms with Crippen molar-refractivity contribution < 1.29 is 19.4 Å². The van der Waals surface area contributed by atoms with Crippen molar-refractivity contribution in [3.63, 3.8) is 0 Å². The Balaban J connectivity index is 3.44. The van der Waals surface area contributed by atoms with Gasteiger partial charge < -0.3 is 20.9 Å². The Morgan fingerprint density at radius 2 is 0.877 bits per heavy atom. The highest BCUT2D eigenvalue weighted by atomic mass is 16.5. The van der Waals surface area contributed by atoms with Gasteiger partial charge in [-0.05, 0) is 96.9 Å². The second kappa shape index (κ2) is 47.0. The van der Waals surface area contributed by atoms with Crippen LogP contribution in [0.25, 0.3) is 0 Å². The molecule has 0 amide bonds. The molecule has 0 saturated heterocycles. The molecule has 0 radical (unpaired) electrons. The van der Waals surface area contributed by atoms with Crippen molar-refractivity contribution in [2.24, 2.45) is 5.73 Å². The van der Waals surface area contributed by atoms with E-state index < -0.39 is 5.97 Å². The van der Waals surface area contributed by atoms with E-state index in [-0.39, 0.29) is 12.0 Å². The number of nitrogens with one attached hydrogen (secondary N) is 1. The molecule has 0 saturated carbocycles. The van der Waals surface area contributed by atoms with Crippen molar-refractivity contribution in [1.82, 2.24) is 5.32 Å². The number of aliphatic carboxylic acids is 1. The summed E-state index contributed by atoms with van der Waals surface area (Å²) in [5.74, 6) is -0.666. The van der Waals surface area contributed by atoms with Crippen LogP contribution in [0.15, 0.2) is 24.3 Å². The van der Waals surface area contributed by atoms with Gasteiger partial charge in [0.2, 0.25) is 0 Å². The Morgan fingerprint density at radius 3 is 1.32 bits per heavy atom. The fourth-order valence-corrected chi connectivity index (χ4v) is 7.72. The molecule has 2 atom stereocenters. The second-order valence-corrected chi connectivity index (χ2v) is 17.4. The molecule has 0 spiro atoms. The van der Waals surface area contributed by atoms with E-state index in [0.717, 1.165) is 51.5 Å². The third-order valence-corrected chi connectivity index (χ3v) is 11.6. The van der Waals surface area contributed by atoms with Crippen molar-refractivity contribution in [3.8, 4) is 0 Å². The highest BCUT2D eigenvalue weighted by Gasteiger charge is 2.12. The lowest BCUT2D eigenvalue weighted by Crippen LogP contribution is -2.43. The average molecular weight is 803 g/mol. The van der Waals surface area contributed by atoms with Crippen LogP contribution >= 0.6 is 0 Å². The summed E-state index contributed by atoms with van der Waals surface area (Å²) in [5.41, 5.74) is 6.32. The first kappa shape index (κ1) is 55.3. The Bertz CT molecular complexity index is 888. The molecule has 0 aliphatic carbocycles. The minimum absolute atomic E-state index is 0.00404. The highest BCUT2D eigenvalue weighted by Crippen LogP contribution is 2.15. The molecular formula is C51H98N2O4. The van der Waals surface area contributed by atoms with Gasteiger partial charge in [0.05, 0.1) is 6.61 Å². The summed E-state index contributed by atoms with van der Waals surface area (Å²) in [6.45, 7) is 6.14. The van der Waals surface area contributed by atoms with Gasteiger partial charge in [-0.2, -0.15) is 0 Å². The van der Waals surface area contributed by atoms with Gasteiger partial charge in [-0.25, -0.2) is 0 Å². The third-order valence-electron chi connectivity index (χ3n) is 11.6. The van der Waals surface area contributed by atoms with Gasteiger partial charge in [-0.15, -0.1) is 0 Å². The molecule has 0 fully saturated rings. The number of ether oxygens (including phenoxy) is 1. The number of carbonyl (C=O) groups is 2. The monoisotopic (exact) mass is 803 g/mol. The Hall–Kier alpha value is -1.66. The van der Waals surface area contributed by atoms with Crippen LogP contribution in [0, 0.1) is 0 Å². The first-order valence-electron chi connectivity index (χ1n) is 25.1. The zero-order valence-electron chi connectivity index (χ0n) is 38.2. The minimum atomic E-state index is -0.670. The fraction of sp³-hybridized carbons (Fsp3) is 0.882. The Kier molecular flexibility index (Phi) is 45.7. The normalized spacial score (nSPS) is 12.9. The predicted octanol–water partition coefficient (Wildman–Crippen LogP) is 15.3. The topological polar surface area (TPSA) is 102 Å². The lowest BCUT2D eigenvalue weighted by molar-refractivity contribution is -0.144. The molecule has 0 aromatic heterocycles. The molecule has 6 nitrogen and oxygen atoms in total. The molecule has 336 valence electrons. The lowest BCUT2D eigenvalue weighted by atomic mass is 10.0. The van der Waals surface area contributed by atoms with E-state index in [2.05, 4.69) is 43.5 Å². The van der Waals surface area contributed by atoms with Crippen molar-refractivity contribution in [2.45, 2.75) is 276 Å². The molecule has 0 heterocycles. The molecular weight excluding hydrogens is 705 g/mol. The summed E-state index contributed by atoms with van der Waals surface area (Å²) in [4.78, 5) is 22.5. The van der Waals surface area contributed by atoms with E-state index in [9.17, 15) is 9.59 Å². The van der Waals surface area contributed by atoms with Gasteiger partial charge in [0.25, 0.3) is 0 Å². The summed E-state index contributed by atoms with van der Waals surface area (Å²) in [6.07, 6.45) is 56.7. The van der Waals surface area contributed by atoms with Crippen molar-refractivity contribution in [1.29, 1.82) is 0 Å². The number of esters is 1. The first-order chi connectivity index (χ1) is 28.0. The maximum Gasteiger partial charge on any atom is 0.305 e. The number of allylic oxidation sites excluding steroid dienone is 4. The molecule has 0 aliphatic heterocycles. The molecule has 6 heteroatoms. The van der Waals surface area contributed by atoms with Gasteiger partial charge in [-0.3, -0.25) is 9.59 Å². The maximum atomic E-state index is 12.0. The van der Waals surface area contributed by atoms with Crippen molar-refractivity contribution >= 4 is 11.9 Å². The fourth-order valence-electron chi connectivity index (χ4n) is 7.72. The van der Waals surface area contributed by atoms with E-state index in [1.807, 2.05) is 0 Å². The molecule has 2 unspecified atom stereocenters. The van der Waals surface area contributed by atoms with Gasteiger partial charge in [0.15, 0.2) is 0 Å². The van der Waals surface area contributed by atoms with Crippen molar-refractivity contribution in [3.05, 3.63) is 24.3 Å². The third kappa shape index (κ3) is 46.9. The number of nitrogens with two attached hydrogens (primary N) is 1. The summed E-state index contributed by atoms with van der Waals surface area (Å²) >= 11 is 0. The summed E-state index contributed by atoms with van der Waals surface area (Å²) in [5, 5.41) is 12.4.